The first kappa shape index (κ1) is 23.7. The maximum atomic E-state index is 12.2. The van der Waals surface area contributed by atoms with Crippen LogP contribution in [0.2, 0.25) is 0 Å². The van der Waals surface area contributed by atoms with Crippen molar-refractivity contribution in [2.24, 2.45) is 0 Å². The Kier molecular flexibility index (Phi) is 7.79. The van der Waals surface area contributed by atoms with Gasteiger partial charge in [-0.1, -0.05) is 39.0 Å². The summed E-state index contributed by atoms with van der Waals surface area (Å²) in [7, 11) is 0. The van der Waals surface area contributed by atoms with Crippen molar-refractivity contribution in [3.8, 4) is 6.01 Å². The van der Waals surface area contributed by atoms with Crippen LogP contribution in [0.15, 0.2) is 30.5 Å². The van der Waals surface area contributed by atoms with Crippen LogP contribution in [-0.4, -0.2) is 51.4 Å². The Morgan fingerprint density at radius 2 is 2.15 bits per heavy atom. The fraction of sp³-hybridized carbons (Fsp3) is 0.500. The van der Waals surface area contributed by atoms with Gasteiger partial charge in [0.25, 0.3) is 0 Å². The third-order valence-corrected chi connectivity index (χ3v) is 5.76. The van der Waals surface area contributed by atoms with Crippen molar-refractivity contribution in [3.05, 3.63) is 41.6 Å². The van der Waals surface area contributed by atoms with Crippen molar-refractivity contribution >= 4 is 23.3 Å². The number of ether oxygens (including phenoxy) is 1. The normalized spacial score (nSPS) is 15.9. The topological polar surface area (TPSA) is 118 Å². The van der Waals surface area contributed by atoms with Gasteiger partial charge >= 0.3 is 12.0 Å². The molecule has 1 aliphatic rings. The molecule has 1 fully saturated rings. The number of nitrogens with zero attached hydrogens (tertiary/aromatic N) is 4. The number of hydrogen-bond donors (Lipinski definition) is 4. The SMILES string of the molecule is CCCNC(=O)Nc1ccccc1CNc1nc(OC2CCCNC2)nc2c(C(C)C)cnn12. The molecule has 10 heteroatoms. The summed E-state index contributed by atoms with van der Waals surface area (Å²) in [5.74, 6) is 0.803. The molecule has 1 unspecified atom stereocenters. The number of nitrogens with one attached hydrogen (secondary N) is 4. The van der Waals surface area contributed by atoms with Gasteiger partial charge in [-0.3, -0.25) is 0 Å². The molecule has 1 saturated heterocycles. The number of hydrogen-bond acceptors (Lipinski definition) is 7. The maximum absolute atomic E-state index is 12.2. The molecule has 4 N–H and O–H groups in total. The maximum Gasteiger partial charge on any atom is 0.322 e. The summed E-state index contributed by atoms with van der Waals surface area (Å²) in [6.45, 7) is 9.11. The first-order valence-corrected chi connectivity index (χ1v) is 12.0. The van der Waals surface area contributed by atoms with Crippen LogP contribution in [-0.2, 0) is 6.54 Å². The van der Waals surface area contributed by atoms with Crippen LogP contribution in [0, 0.1) is 0 Å². The van der Waals surface area contributed by atoms with Gasteiger partial charge in [-0.05, 0) is 43.4 Å². The summed E-state index contributed by atoms with van der Waals surface area (Å²) >= 11 is 0. The van der Waals surface area contributed by atoms with Crippen molar-refractivity contribution in [1.82, 2.24) is 30.2 Å². The van der Waals surface area contributed by atoms with Gasteiger partial charge in [-0.25, -0.2) is 4.79 Å². The van der Waals surface area contributed by atoms with Crippen LogP contribution < -0.4 is 26.0 Å². The highest BCUT2D eigenvalue weighted by Crippen LogP contribution is 2.24. The fourth-order valence-electron chi connectivity index (χ4n) is 3.89. The van der Waals surface area contributed by atoms with Gasteiger partial charge in [0.1, 0.15) is 6.10 Å². The molecular weight excluding hydrogens is 432 g/mol. The van der Waals surface area contributed by atoms with Crippen LogP contribution in [0.5, 0.6) is 6.01 Å². The summed E-state index contributed by atoms with van der Waals surface area (Å²) in [6.07, 6.45) is 4.79. The summed E-state index contributed by atoms with van der Waals surface area (Å²) in [5, 5.41) is 17.0. The van der Waals surface area contributed by atoms with Crippen molar-refractivity contribution in [2.45, 2.75) is 58.6 Å². The molecule has 1 aromatic carbocycles. The third kappa shape index (κ3) is 5.74. The zero-order valence-corrected chi connectivity index (χ0v) is 20.1. The van der Waals surface area contributed by atoms with Gasteiger partial charge in [-0.2, -0.15) is 19.6 Å². The average molecular weight is 467 g/mol. The van der Waals surface area contributed by atoms with Gasteiger partial charge in [-0.15, -0.1) is 0 Å². The predicted octanol–water partition coefficient (Wildman–Crippen LogP) is 3.52. The van der Waals surface area contributed by atoms with Crippen LogP contribution in [0.3, 0.4) is 0 Å². The number of rotatable bonds is 9. The molecule has 182 valence electrons. The first-order valence-electron chi connectivity index (χ1n) is 12.0. The number of piperidine rings is 1. The Labute approximate surface area is 199 Å². The monoisotopic (exact) mass is 466 g/mol. The Hall–Kier alpha value is -3.40. The van der Waals surface area contributed by atoms with Gasteiger partial charge in [0.05, 0.1) is 6.20 Å². The molecule has 0 spiro atoms. The molecule has 4 rings (SSSR count). The van der Waals surface area contributed by atoms with E-state index in [2.05, 4.69) is 50.2 Å². The predicted molar refractivity (Wildman–Crippen MR) is 132 cm³/mol. The number of anilines is 2. The van der Waals surface area contributed by atoms with E-state index in [9.17, 15) is 4.79 Å². The highest BCUT2D eigenvalue weighted by Gasteiger charge is 2.20. The second kappa shape index (κ2) is 11.1. The lowest BCUT2D eigenvalue weighted by molar-refractivity contribution is 0.153. The zero-order valence-electron chi connectivity index (χ0n) is 20.1. The van der Waals surface area contributed by atoms with Gasteiger partial charge < -0.3 is 26.0 Å². The first-order chi connectivity index (χ1) is 16.5. The van der Waals surface area contributed by atoms with Crippen LogP contribution in [0.1, 0.15) is 57.1 Å². The van der Waals surface area contributed by atoms with Crippen molar-refractivity contribution < 1.29 is 9.53 Å². The fourth-order valence-corrected chi connectivity index (χ4v) is 3.89. The minimum Gasteiger partial charge on any atom is -0.459 e. The Morgan fingerprint density at radius 1 is 1.29 bits per heavy atom. The number of amides is 2. The van der Waals surface area contributed by atoms with Crippen LogP contribution >= 0.6 is 0 Å². The standard InChI is InChI=1S/C24H34N8O2/c1-4-11-26-23(33)29-20-10-6-5-8-17(20)13-27-22-31-24(34-18-9-7-12-25-14-18)30-21-19(16(2)3)15-28-32(21)22/h5-6,8,10,15-16,18,25H,4,7,9,11-14H2,1-3H3,(H2,26,29,33)(H,27,30,31). The lowest BCUT2D eigenvalue weighted by Crippen LogP contribution is -2.37. The Morgan fingerprint density at radius 3 is 2.91 bits per heavy atom. The van der Waals surface area contributed by atoms with Crippen LogP contribution in [0.4, 0.5) is 16.4 Å². The number of urea groups is 1. The minimum absolute atomic E-state index is 0.0426. The van der Waals surface area contributed by atoms with E-state index in [0.29, 0.717) is 25.0 Å². The zero-order chi connectivity index (χ0) is 23.9. The number of carbonyl (C=O) groups is 1. The quantitative estimate of drug-likeness (QED) is 0.381. The number of para-hydroxylation sites is 1. The van der Waals surface area contributed by atoms with Gasteiger partial charge in [0, 0.05) is 30.9 Å². The molecule has 1 aliphatic heterocycles. The molecule has 0 saturated carbocycles. The van der Waals surface area contributed by atoms with E-state index in [0.717, 1.165) is 54.8 Å². The highest BCUT2D eigenvalue weighted by molar-refractivity contribution is 5.90. The molecular formula is C24H34N8O2. The van der Waals surface area contributed by atoms with E-state index in [1.54, 1.807) is 4.52 Å². The molecule has 0 bridgehead atoms. The number of benzene rings is 1. The van der Waals surface area contributed by atoms with Crippen LogP contribution in [0.25, 0.3) is 5.65 Å². The summed E-state index contributed by atoms with van der Waals surface area (Å²) in [4.78, 5) is 21.5. The van der Waals surface area contributed by atoms with E-state index in [1.807, 2.05) is 37.4 Å². The smallest absolute Gasteiger partial charge is 0.322 e. The molecule has 34 heavy (non-hydrogen) atoms. The molecule has 3 aromatic rings. The molecule has 0 aliphatic carbocycles. The van der Waals surface area contributed by atoms with E-state index >= 15 is 0 Å². The van der Waals surface area contributed by atoms with E-state index in [4.69, 9.17) is 4.74 Å². The highest BCUT2D eigenvalue weighted by atomic mass is 16.5. The van der Waals surface area contributed by atoms with E-state index < -0.39 is 0 Å². The second-order valence-electron chi connectivity index (χ2n) is 8.80. The van der Waals surface area contributed by atoms with Crippen molar-refractivity contribution in [2.75, 3.05) is 30.3 Å². The van der Waals surface area contributed by atoms with Gasteiger partial charge in [0.2, 0.25) is 5.95 Å². The lowest BCUT2D eigenvalue weighted by Gasteiger charge is -2.23. The minimum atomic E-state index is -0.218. The molecule has 0 radical (unpaired) electrons. The summed E-state index contributed by atoms with van der Waals surface area (Å²) < 4.78 is 7.86. The van der Waals surface area contributed by atoms with Gasteiger partial charge in [0.15, 0.2) is 5.65 Å². The van der Waals surface area contributed by atoms with E-state index in [1.165, 1.54) is 0 Å². The lowest BCUT2D eigenvalue weighted by atomic mass is 10.1. The third-order valence-electron chi connectivity index (χ3n) is 5.76. The summed E-state index contributed by atoms with van der Waals surface area (Å²) in [6, 6.07) is 7.81. The number of aromatic nitrogens is 4. The molecule has 10 nitrogen and oxygen atoms in total. The molecule has 2 amide bonds. The average Bonchev–Trinajstić information content (AvgIpc) is 3.27. The molecule has 2 aromatic heterocycles. The Bertz CT molecular complexity index is 1110. The number of fused-ring (bicyclic) bond motifs is 1. The van der Waals surface area contributed by atoms with Crippen molar-refractivity contribution in [3.63, 3.8) is 0 Å². The molecule has 3 heterocycles. The Balaban J connectivity index is 1.57. The van der Waals surface area contributed by atoms with E-state index in [-0.39, 0.29) is 18.1 Å². The molecule has 1 atom stereocenters. The summed E-state index contributed by atoms with van der Waals surface area (Å²) in [5.41, 5.74) is 3.43. The number of carbonyl (C=O) groups excluding carboxylic acids is 1. The second-order valence-corrected chi connectivity index (χ2v) is 8.80. The largest absolute Gasteiger partial charge is 0.459 e. The van der Waals surface area contributed by atoms with Crippen molar-refractivity contribution in [1.29, 1.82) is 0 Å².